The quantitative estimate of drug-likeness (QED) is 0.661. The summed E-state index contributed by atoms with van der Waals surface area (Å²) < 4.78 is 6.95. The maximum absolute atomic E-state index is 5.91. The standard InChI is InChI=1S/C16H11ClINO/c17-13-8-6-11(7-9-13)15(18)14-10-19-16(20-14)12-4-2-1-3-5-12/h1-9H,10H2/b15-14+. The second-order valence-corrected chi connectivity index (χ2v) is 5.85. The maximum atomic E-state index is 5.91. The Kier molecular flexibility index (Phi) is 4.08. The molecule has 2 aromatic carbocycles. The molecule has 2 aromatic rings. The van der Waals surface area contributed by atoms with Gasteiger partial charge in [0.05, 0.1) is 3.58 Å². The molecule has 2 nitrogen and oxygen atoms in total. The Morgan fingerprint density at radius 1 is 1.05 bits per heavy atom. The van der Waals surface area contributed by atoms with Gasteiger partial charge < -0.3 is 4.74 Å². The number of ether oxygens (including phenoxy) is 1. The Bertz CT molecular complexity index is 677. The van der Waals surface area contributed by atoms with Crippen LogP contribution in [0.15, 0.2) is 65.3 Å². The van der Waals surface area contributed by atoms with E-state index in [1.54, 1.807) is 0 Å². The van der Waals surface area contributed by atoms with Gasteiger partial charge in [-0.1, -0.05) is 41.9 Å². The number of halogens is 2. The zero-order valence-corrected chi connectivity index (χ0v) is 13.4. The summed E-state index contributed by atoms with van der Waals surface area (Å²) in [5, 5.41) is 0.733. The molecule has 0 aromatic heterocycles. The van der Waals surface area contributed by atoms with Gasteiger partial charge in [0.25, 0.3) is 0 Å². The van der Waals surface area contributed by atoms with Crippen LogP contribution in [0.5, 0.6) is 0 Å². The normalized spacial score (nSPS) is 16.6. The molecular formula is C16H11ClINO. The zero-order valence-electron chi connectivity index (χ0n) is 10.5. The molecular weight excluding hydrogens is 385 g/mol. The Balaban J connectivity index is 1.84. The summed E-state index contributed by atoms with van der Waals surface area (Å²) in [7, 11) is 0. The highest BCUT2D eigenvalue weighted by atomic mass is 127. The molecule has 0 radical (unpaired) electrons. The summed E-state index contributed by atoms with van der Waals surface area (Å²) in [6, 6.07) is 17.7. The Morgan fingerprint density at radius 3 is 2.45 bits per heavy atom. The fourth-order valence-corrected chi connectivity index (χ4v) is 2.69. The summed E-state index contributed by atoms with van der Waals surface area (Å²) in [4.78, 5) is 4.46. The molecule has 0 N–H and O–H groups in total. The lowest BCUT2D eigenvalue weighted by Gasteiger charge is -2.06. The van der Waals surface area contributed by atoms with Gasteiger partial charge in [-0.3, -0.25) is 0 Å². The minimum absolute atomic E-state index is 0.575. The topological polar surface area (TPSA) is 21.6 Å². The average molecular weight is 396 g/mol. The van der Waals surface area contributed by atoms with Crippen LogP contribution < -0.4 is 0 Å². The first-order valence-electron chi connectivity index (χ1n) is 6.16. The second-order valence-electron chi connectivity index (χ2n) is 4.33. The van der Waals surface area contributed by atoms with Crippen LogP contribution >= 0.6 is 34.2 Å². The summed E-state index contributed by atoms with van der Waals surface area (Å²) in [5.74, 6) is 1.57. The van der Waals surface area contributed by atoms with E-state index in [1.165, 1.54) is 0 Å². The SMILES string of the molecule is Clc1ccc(/C(I)=C2/CN=C(c3ccccc3)O2)cc1. The van der Waals surface area contributed by atoms with Gasteiger partial charge in [-0.05, 0) is 52.4 Å². The van der Waals surface area contributed by atoms with Crippen molar-refractivity contribution < 1.29 is 4.74 Å². The number of aliphatic imine (C=N–C) groups is 1. The molecule has 0 saturated heterocycles. The average Bonchev–Trinajstić information content (AvgIpc) is 2.98. The Hall–Kier alpha value is -1.33. The van der Waals surface area contributed by atoms with Crippen molar-refractivity contribution in [1.82, 2.24) is 0 Å². The van der Waals surface area contributed by atoms with Crippen LogP contribution in [0, 0.1) is 0 Å². The highest BCUT2D eigenvalue weighted by Crippen LogP contribution is 2.30. The van der Waals surface area contributed by atoms with Gasteiger partial charge in [-0.2, -0.15) is 0 Å². The number of nitrogens with zero attached hydrogens (tertiary/aromatic N) is 1. The van der Waals surface area contributed by atoms with Crippen molar-refractivity contribution in [1.29, 1.82) is 0 Å². The highest BCUT2D eigenvalue weighted by molar-refractivity contribution is 14.1. The van der Waals surface area contributed by atoms with Crippen LogP contribution in [0.3, 0.4) is 0 Å². The van der Waals surface area contributed by atoms with E-state index in [-0.39, 0.29) is 0 Å². The van der Waals surface area contributed by atoms with Crippen molar-refractivity contribution >= 4 is 43.7 Å². The van der Waals surface area contributed by atoms with Crippen molar-refractivity contribution in [2.24, 2.45) is 4.99 Å². The lowest BCUT2D eigenvalue weighted by atomic mass is 10.2. The van der Waals surface area contributed by atoms with Crippen LogP contribution in [-0.4, -0.2) is 12.4 Å². The molecule has 1 aliphatic heterocycles. The minimum Gasteiger partial charge on any atom is -0.440 e. The monoisotopic (exact) mass is 395 g/mol. The zero-order chi connectivity index (χ0) is 13.9. The third kappa shape index (κ3) is 2.88. The van der Waals surface area contributed by atoms with E-state index in [9.17, 15) is 0 Å². The van der Waals surface area contributed by atoms with Gasteiger partial charge in [-0.15, -0.1) is 0 Å². The van der Waals surface area contributed by atoms with Crippen LogP contribution in [0.2, 0.25) is 5.02 Å². The summed E-state index contributed by atoms with van der Waals surface area (Å²) in [6.45, 7) is 0.575. The van der Waals surface area contributed by atoms with E-state index in [0.717, 1.165) is 25.5 Å². The van der Waals surface area contributed by atoms with E-state index >= 15 is 0 Å². The lowest BCUT2D eigenvalue weighted by Crippen LogP contribution is -2.00. The van der Waals surface area contributed by atoms with E-state index in [4.69, 9.17) is 16.3 Å². The molecule has 0 saturated carbocycles. The van der Waals surface area contributed by atoms with Crippen LogP contribution in [0.25, 0.3) is 3.58 Å². The van der Waals surface area contributed by atoms with Gasteiger partial charge in [0.1, 0.15) is 12.3 Å². The van der Waals surface area contributed by atoms with Crippen LogP contribution in [0.4, 0.5) is 0 Å². The Morgan fingerprint density at radius 2 is 1.75 bits per heavy atom. The third-order valence-corrected chi connectivity index (χ3v) is 4.43. The summed E-state index contributed by atoms with van der Waals surface area (Å²) >= 11 is 8.20. The molecule has 0 unspecified atom stereocenters. The molecule has 100 valence electrons. The third-order valence-electron chi connectivity index (χ3n) is 2.95. The van der Waals surface area contributed by atoms with Gasteiger partial charge in [0.15, 0.2) is 0 Å². The maximum Gasteiger partial charge on any atom is 0.222 e. The smallest absolute Gasteiger partial charge is 0.222 e. The van der Waals surface area contributed by atoms with E-state index in [0.29, 0.717) is 12.4 Å². The van der Waals surface area contributed by atoms with E-state index in [1.807, 2.05) is 54.6 Å². The van der Waals surface area contributed by atoms with Crippen molar-refractivity contribution in [3.05, 3.63) is 76.5 Å². The molecule has 0 aliphatic carbocycles. The van der Waals surface area contributed by atoms with Crippen molar-refractivity contribution in [3.8, 4) is 0 Å². The number of hydrogen-bond acceptors (Lipinski definition) is 2. The minimum atomic E-state index is 0.575. The molecule has 1 aliphatic rings. The van der Waals surface area contributed by atoms with Crippen LogP contribution in [0.1, 0.15) is 11.1 Å². The van der Waals surface area contributed by atoms with E-state index in [2.05, 4.69) is 27.6 Å². The van der Waals surface area contributed by atoms with Gasteiger partial charge in [0.2, 0.25) is 5.90 Å². The molecule has 0 atom stereocenters. The first-order valence-corrected chi connectivity index (χ1v) is 7.62. The number of hydrogen-bond donors (Lipinski definition) is 0. The lowest BCUT2D eigenvalue weighted by molar-refractivity contribution is 0.444. The van der Waals surface area contributed by atoms with Crippen molar-refractivity contribution in [3.63, 3.8) is 0 Å². The van der Waals surface area contributed by atoms with Crippen LogP contribution in [-0.2, 0) is 4.74 Å². The van der Waals surface area contributed by atoms with E-state index < -0.39 is 0 Å². The first-order chi connectivity index (χ1) is 9.74. The fraction of sp³-hybridized carbons (Fsp3) is 0.0625. The number of benzene rings is 2. The summed E-state index contributed by atoms with van der Waals surface area (Å²) in [5.41, 5.74) is 2.09. The molecule has 4 heteroatoms. The molecule has 0 bridgehead atoms. The largest absolute Gasteiger partial charge is 0.440 e. The summed E-state index contributed by atoms with van der Waals surface area (Å²) in [6.07, 6.45) is 0. The predicted octanol–water partition coefficient (Wildman–Crippen LogP) is 4.92. The molecule has 0 fully saturated rings. The molecule has 0 spiro atoms. The van der Waals surface area contributed by atoms with Gasteiger partial charge in [0, 0.05) is 10.6 Å². The van der Waals surface area contributed by atoms with Gasteiger partial charge >= 0.3 is 0 Å². The second kappa shape index (κ2) is 5.97. The predicted molar refractivity (Wildman–Crippen MR) is 91.3 cm³/mol. The number of rotatable bonds is 2. The van der Waals surface area contributed by atoms with Crippen molar-refractivity contribution in [2.75, 3.05) is 6.54 Å². The first kappa shape index (κ1) is 13.6. The van der Waals surface area contributed by atoms with Crippen molar-refractivity contribution in [2.45, 2.75) is 0 Å². The molecule has 1 heterocycles. The molecule has 3 rings (SSSR count). The Labute approximate surface area is 136 Å². The fourth-order valence-electron chi connectivity index (χ4n) is 1.93. The highest BCUT2D eigenvalue weighted by Gasteiger charge is 2.18. The van der Waals surface area contributed by atoms with Gasteiger partial charge in [-0.25, -0.2) is 4.99 Å². The molecule has 0 amide bonds. The molecule has 20 heavy (non-hydrogen) atoms.